The van der Waals surface area contributed by atoms with Crippen LogP contribution in [0.4, 0.5) is 0 Å². The molecule has 5 atom stereocenters. The van der Waals surface area contributed by atoms with Crippen molar-refractivity contribution in [1.82, 2.24) is 0 Å². The fraction of sp³-hybridized carbons (Fsp3) is 0.607. The van der Waals surface area contributed by atoms with Crippen LogP contribution >= 0.6 is 0 Å². The first-order valence-electron chi connectivity index (χ1n) is 12.5. The summed E-state index contributed by atoms with van der Waals surface area (Å²) < 4.78 is 0. The number of allylic oxidation sites excluding steroid dienone is 2. The van der Waals surface area contributed by atoms with Crippen molar-refractivity contribution in [1.29, 1.82) is 0 Å². The van der Waals surface area contributed by atoms with Crippen molar-refractivity contribution in [2.45, 2.75) is 89.8 Å². The van der Waals surface area contributed by atoms with E-state index in [9.17, 15) is 20.1 Å². The molecule has 4 nitrogen and oxygen atoms in total. The normalized spacial score (nSPS) is 25.8. The van der Waals surface area contributed by atoms with E-state index in [0.29, 0.717) is 17.4 Å². The fourth-order valence-electron chi connectivity index (χ4n) is 5.54. The van der Waals surface area contributed by atoms with Crippen LogP contribution in [0.2, 0.25) is 0 Å². The molecule has 3 rings (SSSR count). The molecule has 0 aliphatic heterocycles. The number of fused-ring (bicyclic) bond motifs is 1. The summed E-state index contributed by atoms with van der Waals surface area (Å²) in [6.07, 6.45) is 16.9. The molecule has 0 spiro atoms. The van der Waals surface area contributed by atoms with Gasteiger partial charge >= 0.3 is 5.97 Å². The summed E-state index contributed by atoms with van der Waals surface area (Å²) in [6, 6.07) is 7.30. The Morgan fingerprint density at radius 3 is 2.69 bits per heavy atom. The summed E-state index contributed by atoms with van der Waals surface area (Å²) in [5.74, 6) is 0.250. The number of carboxylic acids is 1. The number of hydrogen-bond acceptors (Lipinski definition) is 3. The van der Waals surface area contributed by atoms with E-state index < -0.39 is 12.1 Å². The second-order valence-corrected chi connectivity index (χ2v) is 9.71. The zero-order chi connectivity index (χ0) is 22.9. The minimum absolute atomic E-state index is 0.155. The lowest BCUT2D eigenvalue weighted by molar-refractivity contribution is 0.0695. The van der Waals surface area contributed by atoms with Gasteiger partial charge in [0, 0.05) is 5.92 Å². The third kappa shape index (κ3) is 6.79. The van der Waals surface area contributed by atoms with Gasteiger partial charge < -0.3 is 15.3 Å². The molecule has 2 aliphatic carbocycles. The maximum absolute atomic E-state index is 11.3. The van der Waals surface area contributed by atoms with Crippen LogP contribution in [0.3, 0.4) is 0 Å². The Hall–Kier alpha value is -1.91. The molecule has 0 heterocycles. The summed E-state index contributed by atoms with van der Waals surface area (Å²) in [5, 5.41) is 30.0. The highest BCUT2D eigenvalue weighted by Crippen LogP contribution is 2.48. The highest BCUT2D eigenvalue weighted by Gasteiger charge is 2.43. The number of benzene rings is 1. The van der Waals surface area contributed by atoms with Gasteiger partial charge in [-0.1, -0.05) is 74.6 Å². The minimum Gasteiger partial charge on any atom is -0.478 e. The highest BCUT2D eigenvalue weighted by atomic mass is 16.4. The number of aliphatic hydroxyl groups excluding tert-OH is 2. The number of unbranched alkanes of at least 4 members (excludes halogenated alkanes) is 4. The largest absolute Gasteiger partial charge is 0.478 e. The Morgan fingerprint density at radius 1 is 1.12 bits per heavy atom. The van der Waals surface area contributed by atoms with Gasteiger partial charge in [-0.15, -0.1) is 0 Å². The highest BCUT2D eigenvalue weighted by molar-refractivity contribution is 5.89. The van der Waals surface area contributed by atoms with Gasteiger partial charge in [0.1, 0.15) is 0 Å². The SMILES string of the molecule is CCCCC[C@H](O)/C=C/[C@H]1[C@H]2CC(CCCCCc3ccccc3C(=O)O)=C[C@H]2C[C@H]1O. The molecule has 0 saturated heterocycles. The zero-order valence-electron chi connectivity index (χ0n) is 19.5. The van der Waals surface area contributed by atoms with Crippen LogP contribution in [-0.4, -0.2) is 33.5 Å². The molecule has 0 radical (unpaired) electrons. The maximum Gasteiger partial charge on any atom is 0.335 e. The van der Waals surface area contributed by atoms with E-state index in [1.54, 1.807) is 12.1 Å². The molecular weight excluding hydrogens is 400 g/mol. The van der Waals surface area contributed by atoms with E-state index >= 15 is 0 Å². The van der Waals surface area contributed by atoms with Gasteiger partial charge in [0.05, 0.1) is 17.8 Å². The third-order valence-electron chi connectivity index (χ3n) is 7.30. The van der Waals surface area contributed by atoms with E-state index in [4.69, 9.17) is 0 Å². The number of rotatable bonds is 13. The van der Waals surface area contributed by atoms with E-state index in [-0.39, 0.29) is 12.0 Å². The molecule has 0 amide bonds. The smallest absolute Gasteiger partial charge is 0.335 e. The van der Waals surface area contributed by atoms with Crippen LogP contribution in [0.5, 0.6) is 0 Å². The van der Waals surface area contributed by atoms with Crippen molar-refractivity contribution in [3.05, 3.63) is 59.2 Å². The van der Waals surface area contributed by atoms with Gasteiger partial charge in [-0.2, -0.15) is 0 Å². The van der Waals surface area contributed by atoms with Crippen molar-refractivity contribution >= 4 is 5.97 Å². The average Bonchev–Trinajstić information content (AvgIpc) is 3.28. The van der Waals surface area contributed by atoms with Crippen LogP contribution in [0.15, 0.2) is 48.1 Å². The molecule has 0 aromatic heterocycles. The van der Waals surface area contributed by atoms with Gasteiger partial charge in [0.15, 0.2) is 0 Å². The monoisotopic (exact) mass is 440 g/mol. The second kappa shape index (κ2) is 12.4. The van der Waals surface area contributed by atoms with Gasteiger partial charge in [-0.05, 0) is 68.4 Å². The lowest BCUT2D eigenvalue weighted by atomic mass is 9.88. The van der Waals surface area contributed by atoms with E-state index in [0.717, 1.165) is 76.2 Å². The van der Waals surface area contributed by atoms with Crippen molar-refractivity contribution < 1.29 is 20.1 Å². The minimum atomic E-state index is -0.845. The zero-order valence-corrected chi connectivity index (χ0v) is 19.5. The average molecular weight is 441 g/mol. The number of aliphatic hydroxyl groups is 2. The number of carboxylic acid groups (broad SMARTS) is 1. The van der Waals surface area contributed by atoms with Crippen LogP contribution in [-0.2, 0) is 6.42 Å². The molecule has 1 saturated carbocycles. The van der Waals surface area contributed by atoms with Gasteiger partial charge in [0.2, 0.25) is 0 Å². The van der Waals surface area contributed by atoms with Crippen LogP contribution in [0.1, 0.15) is 87.1 Å². The summed E-state index contributed by atoms with van der Waals surface area (Å²) in [5.41, 5.74) is 2.86. The number of carbonyl (C=O) groups is 1. The molecule has 2 aliphatic rings. The van der Waals surface area contributed by atoms with Gasteiger partial charge in [0.25, 0.3) is 0 Å². The lowest BCUT2D eigenvalue weighted by Gasteiger charge is -2.19. The molecule has 4 heteroatoms. The van der Waals surface area contributed by atoms with Gasteiger partial charge in [-0.3, -0.25) is 0 Å². The van der Waals surface area contributed by atoms with Crippen molar-refractivity contribution in [2.75, 3.05) is 0 Å². The molecule has 0 unspecified atom stereocenters. The summed E-state index contributed by atoms with van der Waals surface area (Å²) >= 11 is 0. The van der Waals surface area contributed by atoms with E-state index in [1.807, 2.05) is 18.2 Å². The Balaban J connectivity index is 1.40. The lowest BCUT2D eigenvalue weighted by Crippen LogP contribution is -2.18. The van der Waals surface area contributed by atoms with E-state index in [1.165, 1.54) is 5.57 Å². The van der Waals surface area contributed by atoms with Gasteiger partial charge in [-0.25, -0.2) is 4.79 Å². The Morgan fingerprint density at radius 2 is 1.91 bits per heavy atom. The third-order valence-corrected chi connectivity index (χ3v) is 7.30. The predicted octanol–water partition coefficient (Wildman–Crippen LogP) is 5.93. The first-order chi connectivity index (χ1) is 15.5. The van der Waals surface area contributed by atoms with Crippen molar-refractivity contribution in [3.63, 3.8) is 0 Å². The topological polar surface area (TPSA) is 77.8 Å². The molecule has 32 heavy (non-hydrogen) atoms. The van der Waals surface area contributed by atoms with Crippen molar-refractivity contribution in [2.24, 2.45) is 17.8 Å². The quantitative estimate of drug-likeness (QED) is 0.262. The van der Waals surface area contributed by atoms with Crippen molar-refractivity contribution in [3.8, 4) is 0 Å². The summed E-state index contributed by atoms with van der Waals surface area (Å²) in [7, 11) is 0. The number of aromatic carboxylic acids is 1. The fourth-order valence-corrected chi connectivity index (χ4v) is 5.54. The first-order valence-corrected chi connectivity index (χ1v) is 12.5. The Kier molecular flexibility index (Phi) is 9.55. The molecular formula is C28H40O4. The molecule has 0 bridgehead atoms. The van der Waals surface area contributed by atoms with E-state index in [2.05, 4.69) is 19.1 Å². The first kappa shape index (κ1) is 24.7. The Bertz CT molecular complexity index is 796. The molecule has 1 aromatic carbocycles. The molecule has 1 fully saturated rings. The Labute approximate surface area is 193 Å². The molecule has 176 valence electrons. The number of hydrogen-bond donors (Lipinski definition) is 3. The standard InChI is InChI=1S/C28H40O4/c1-2-3-5-13-23(29)15-16-25-26-18-20(17-22(26)19-27(25)30)10-6-4-7-11-21-12-8-9-14-24(21)28(31)32/h8-9,12,14-17,22-23,25-27,29-30H,2-7,10-11,13,18-19H2,1H3,(H,31,32)/b16-15+/t22-,23-,25-,26-,27+/m0/s1. The van der Waals surface area contributed by atoms with Crippen LogP contribution < -0.4 is 0 Å². The number of aryl methyl sites for hydroxylation is 1. The summed E-state index contributed by atoms with van der Waals surface area (Å²) in [6.45, 7) is 2.17. The summed E-state index contributed by atoms with van der Waals surface area (Å²) in [4.78, 5) is 11.3. The molecule has 3 N–H and O–H groups in total. The second-order valence-electron chi connectivity index (χ2n) is 9.71. The molecule has 1 aromatic rings. The maximum atomic E-state index is 11.3. The van der Waals surface area contributed by atoms with Crippen LogP contribution in [0.25, 0.3) is 0 Å². The predicted molar refractivity (Wildman–Crippen MR) is 129 cm³/mol. The van der Waals surface area contributed by atoms with Crippen LogP contribution in [0, 0.1) is 17.8 Å².